The molecule has 3 nitrogen and oxygen atoms in total. The quantitative estimate of drug-likeness (QED) is 0.632. The Bertz CT molecular complexity index is 360. The van der Waals surface area contributed by atoms with Gasteiger partial charge >= 0.3 is 0 Å². The first-order valence-corrected chi connectivity index (χ1v) is 7.42. The minimum atomic E-state index is -0.188. The third-order valence-corrected chi connectivity index (χ3v) is 2.93. The Morgan fingerprint density at radius 1 is 1.05 bits per heavy atom. The summed E-state index contributed by atoms with van der Waals surface area (Å²) in [5.74, 6) is -0.188. The molecule has 1 N–H and O–H groups in total. The predicted octanol–water partition coefficient (Wildman–Crippen LogP) is 3.31. The van der Waals surface area contributed by atoms with Gasteiger partial charge in [0.05, 0.1) is 25.9 Å². The van der Waals surface area contributed by atoms with Gasteiger partial charge in [-0.3, -0.25) is 0 Å². The highest BCUT2D eigenvalue weighted by atomic mass is 19.1. The molecule has 0 fully saturated rings. The Kier molecular flexibility index (Phi) is 9.20. The second-order valence-electron chi connectivity index (χ2n) is 4.72. The monoisotopic (exact) mass is 283 g/mol. The smallest absolute Gasteiger partial charge is 0.128 e. The highest BCUT2D eigenvalue weighted by molar-refractivity contribution is 5.21. The fourth-order valence-electron chi connectivity index (χ4n) is 1.90. The molecule has 0 aliphatic heterocycles. The summed E-state index contributed by atoms with van der Waals surface area (Å²) in [6, 6.07) is 6.74. The van der Waals surface area contributed by atoms with E-state index in [0.717, 1.165) is 26.0 Å². The first kappa shape index (κ1) is 17.1. The molecular formula is C16H26FNO2. The second kappa shape index (κ2) is 10.8. The van der Waals surface area contributed by atoms with E-state index < -0.39 is 0 Å². The molecule has 1 rings (SSSR count). The van der Waals surface area contributed by atoms with E-state index in [0.29, 0.717) is 25.4 Å². The minimum Gasteiger partial charge on any atom is -0.379 e. The van der Waals surface area contributed by atoms with Gasteiger partial charge in [-0.2, -0.15) is 0 Å². The van der Waals surface area contributed by atoms with Gasteiger partial charge in [-0.15, -0.1) is 0 Å². The zero-order chi connectivity index (χ0) is 14.6. The first-order valence-electron chi connectivity index (χ1n) is 7.42. The molecule has 20 heavy (non-hydrogen) atoms. The molecule has 0 heterocycles. The van der Waals surface area contributed by atoms with E-state index in [1.165, 1.54) is 6.07 Å². The van der Waals surface area contributed by atoms with Crippen molar-refractivity contribution in [2.24, 2.45) is 0 Å². The molecule has 4 heteroatoms. The lowest BCUT2D eigenvalue weighted by molar-refractivity contribution is 0.0388. The molecule has 1 aromatic carbocycles. The van der Waals surface area contributed by atoms with Crippen molar-refractivity contribution in [2.45, 2.75) is 32.7 Å². The van der Waals surface area contributed by atoms with Gasteiger partial charge in [-0.05, 0) is 25.5 Å². The standard InChI is InChI=1S/C16H26FNO2/c1-3-9-18-16(13-20-12-11-19-10-4-2)14-7-5-6-8-15(14)17/h5-8,16,18H,3-4,9-13H2,1-2H3. The fraction of sp³-hybridized carbons (Fsp3) is 0.625. The summed E-state index contributed by atoms with van der Waals surface area (Å²) in [7, 11) is 0. The molecule has 0 bridgehead atoms. The van der Waals surface area contributed by atoms with Crippen molar-refractivity contribution < 1.29 is 13.9 Å². The van der Waals surface area contributed by atoms with Crippen molar-refractivity contribution in [3.63, 3.8) is 0 Å². The Balaban J connectivity index is 2.42. The Hall–Kier alpha value is -0.970. The van der Waals surface area contributed by atoms with E-state index in [4.69, 9.17) is 9.47 Å². The summed E-state index contributed by atoms with van der Waals surface area (Å²) in [6.45, 7) is 7.35. The van der Waals surface area contributed by atoms with Gasteiger partial charge in [0.25, 0.3) is 0 Å². The highest BCUT2D eigenvalue weighted by Crippen LogP contribution is 2.17. The van der Waals surface area contributed by atoms with Crippen molar-refractivity contribution in [3.8, 4) is 0 Å². The molecular weight excluding hydrogens is 257 g/mol. The van der Waals surface area contributed by atoms with Crippen molar-refractivity contribution in [2.75, 3.05) is 33.0 Å². The average Bonchev–Trinajstić information content (AvgIpc) is 2.47. The largest absolute Gasteiger partial charge is 0.379 e. The molecule has 0 saturated carbocycles. The van der Waals surface area contributed by atoms with E-state index >= 15 is 0 Å². The second-order valence-corrected chi connectivity index (χ2v) is 4.72. The minimum absolute atomic E-state index is 0.109. The van der Waals surface area contributed by atoms with E-state index in [1.54, 1.807) is 12.1 Å². The molecule has 0 spiro atoms. The van der Waals surface area contributed by atoms with Crippen LogP contribution < -0.4 is 5.32 Å². The van der Waals surface area contributed by atoms with Gasteiger partial charge in [-0.1, -0.05) is 32.0 Å². The summed E-state index contributed by atoms with van der Waals surface area (Å²) in [5, 5.41) is 3.32. The van der Waals surface area contributed by atoms with E-state index in [-0.39, 0.29) is 11.9 Å². The fourth-order valence-corrected chi connectivity index (χ4v) is 1.90. The van der Waals surface area contributed by atoms with Crippen LogP contribution >= 0.6 is 0 Å². The number of benzene rings is 1. The summed E-state index contributed by atoms with van der Waals surface area (Å²) < 4.78 is 24.8. The van der Waals surface area contributed by atoms with E-state index in [9.17, 15) is 4.39 Å². The van der Waals surface area contributed by atoms with Crippen molar-refractivity contribution in [1.29, 1.82) is 0 Å². The van der Waals surface area contributed by atoms with Gasteiger partial charge in [0.15, 0.2) is 0 Å². The Morgan fingerprint density at radius 2 is 1.80 bits per heavy atom. The molecule has 1 aromatic rings. The van der Waals surface area contributed by atoms with Crippen LogP contribution in [-0.2, 0) is 9.47 Å². The number of hydrogen-bond acceptors (Lipinski definition) is 3. The Labute approximate surface area is 121 Å². The van der Waals surface area contributed by atoms with Crippen molar-refractivity contribution >= 4 is 0 Å². The lowest BCUT2D eigenvalue weighted by atomic mass is 10.1. The molecule has 1 unspecified atom stereocenters. The zero-order valence-electron chi connectivity index (χ0n) is 12.5. The maximum absolute atomic E-state index is 13.8. The maximum atomic E-state index is 13.8. The number of halogens is 1. The van der Waals surface area contributed by atoms with Gasteiger partial charge in [-0.25, -0.2) is 4.39 Å². The average molecular weight is 283 g/mol. The lowest BCUT2D eigenvalue weighted by Gasteiger charge is -2.19. The molecule has 0 amide bonds. The van der Waals surface area contributed by atoms with Crippen LogP contribution in [0.5, 0.6) is 0 Å². The lowest BCUT2D eigenvalue weighted by Crippen LogP contribution is -2.27. The molecule has 0 aliphatic carbocycles. The summed E-state index contributed by atoms with van der Waals surface area (Å²) in [6.07, 6.45) is 2.01. The van der Waals surface area contributed by atoms with Crippen LogP contribution in [-0.4, -0.2) is 33.0 Å². The van der Waals surface area contributed by atoms with Gasteiger partial charge in [0, 0.05) is 12.2 Å². The van der Waals surface area contributed by atoms with Gasteiger partial charge < -0.3 is 14.8 Å². The SMILES string of the molecule is CCCNC(COCCOCCC)c1ccccc1F. The molecule has 0 aliphatic rings. The summed E-state index contributed by atoms with van der Waals surface area (Å²) in [5.41, 5.74) is 0.662. The number of nitrogens with one attached hydrogen (secondary N) is 1. The number of hydrogen-bond donors (Lipinski definition) is 1. The predicted molar refractivity (Wildman–Crippen MR) is 79.4 cm³/mol. The normalized spacial score (nSPS) is 12.6. The maximum Gasteiger partial charge on any atom is 0.128 e. The van der Waals surface area contributed by atoms with E-state index in [1.807, 2.05) is 6.07 Å². The van der Waals surface area contributed by atoms with Crippen LogP contribution in [0.3, 0.4) is 0 Å². The third-order valence-electron chi connectivity index (χ3n) is 2.93. The van der Waals surface area contributed by atoms with Crippen molar-refractivity contribution in [3.05, 3.63) is 35.6 Å². The zero-order valence-corrected chi connectivity index (χ0v) is 12.5. The first-order chi connectivity index (χ1) is 9.79. The highest BCUT2D eigenvalue weighted by Gasteiger charge is 2.14. The molecule has 0 aromatic heterocycles. The molecule has 0 saturated heterocycles. The summed E-state index contributed by atoms with van der Waals surface area (Å²) in [4.78, 5) is 0. The van der Waals surface area contributed by atoms with Crippen LogP contribution in [0.25, 0.3) is 0 Å². The van der Waals surface area contributed by atoms with Crippen LogP contribution in [0.15, 0.2) is 24.3 Å². The molecule has 1 atom stereocenters. The van der Waals surface area contributed by atoms with Crippen LogP contribution in [0.2, 0.25) is 0 Å². The van der Waals surface area contributed by atoms with E-state index in [2.05, 4.69) is 19.2 Å². The van der Waals surface area contributed by atoms with Crippen LogP contribution in [0.4, 0.5) is 4.39 Å². The topological polar surface area (TPSA) is 30.5 Å². The number of rotatable bonds is 11. The van der Waals surface area contributed by atoms with Crippen LogP contribution in [0.1, 0.15) is 38.3 Å². The summed E-state index contributed by atoms with van der Waals surface area (Å²) >= 11 is 0. The molecule has 114 valence electrons. The van der Waals surface area contributed by atoms with Crippen LogP contribution in [0, 0.1) is 5.82 Å². The third kappa shape index (κ3) is 6.46. The van der Waals surface area contributed by atoms with Crippen molar-refractivity contribution in [1.82, 2.24) is 5.32 Å². The number of ether oxygens (including phenoxy) is 2. The van der Waals surface area contributed by atoms with Gasteiger partial charge in [0.1, 0.15) is 5.82 Å². The Morgan fingerprint density at radius 3 is 2.50 bits per heavy atom. The van der Waals surface area contributed by atoms with Gasteiger partial charge in [0.2, 0.25) is 0 Å². The molecule has 0 radical (unpaired) electrons.